The van der Waals surface area contributed by atoms with Crippen molar-refractivity contribution in [3.05, 3.63) is 48.6 Å². The second kappa shape index (κ2) is 4.73. The predicted molar refractivity (Wildman–Crippen MR) is 51.5 cm³/mol. The quantitative estimate of drug-likeness (QED) is 0.662. The molecular formula is C11H13O. The van der Waals surface area contributed by atoms with Crippen molar-refractivity contribution in [2.24, 2.45) is 0 Å². The fourth-order valence-corrected chi connectivity index (χ4v) is 0.930. The van der Waals surface area contributed by atoms with Crippen LogP contribution in [0.15, 0.2) is 30.3 Å². The van der Waals surface area contributed by atoms with E-state index in [2.05, 4.69) is 43.0 Å². The molecule has 63 valence electrons. The maximum absolute atomic E-state index is 4.65. The van der Waals surface area contributed by atoms with Crippen molar-refractivity contribution in [1.82, 2.24) is 0 Å². The van der Waals surface area contributed by atoms with Gasteiger partial charge in [-0.1, -0.05) is 42.0 Å². The van der Waals surface area contributed by atoms with E-state index in [4.69, 9.17) is 0 Å². The summed E-state index contributed by atoms with van der Waals surface area (Å²) in [5.41, 5.74) is 2.47. The van der Waals surface area contributed by atoms with Gasteiger partial charge in [-0.05, 0) is 12.5 Å². The lowest BCUT2D eigenvalue weighted by Crippen LogP contribution is -1.78. The van der Waals surface area contributed by atoms with Gasteiger partial charge < -0.3 is 4.74 Å². The molecule has 1 aromatic carbocycles. The van der Waals surface area contributed by atoms with Crippen LogP contribution in [0.3, 0.4) is 0 Å². The minimum absolute atomic E-state index is 0.563. The van der Waals surface area contributed by atoms with E-state index < -0.39 is 0 Å². The van der Waals surface area contributed by atoms with Gasteiger partial charge in [0, 0.05) is 0 Å². The maximum Gasteiger partial charge on any atom is 0.0704 e. The van der Waals surface area contributed by atoms with Crippen molar-refractivity contribution in [3.63, 3.8) is 0 Å². The highest BCUT2D eigenvalue weighted by Crippen LogP contribution is 2.04. The monoisotopic (exact) mass is 161 g/mol. The zero-order valence-corrected chi connectivity index (χ0v) is 7.29. The van der Waals surface area contributed by atoms with Crippen molar-refractivity contribution < 1.29 is 4.74 Å². The first kappa shape index (κ1) is 9.01. The molecule has 1 radical (unpaired) electrons. The molecule has 0 saturated carbocycles. The lowest BCUT2D eigenvalue weighted by molar-refractivity contribution is 0.282. The second-order valence-electron chi connectivity index (χ2n) is 2.68. The van der Waals surface area contributed by atoms with Crippen LogP contribution in [0.1, 0.15) is 11.1 Å². The van der Waals surface area contributed by atoms with Gasteiger partial charge in [0.1, 0.15) is 0 Å². The van der Waals surface area contributed by atoms with Crippen molar-refractivity contribution in [3.8, 4) is 0 Å². The molecule has 0 aliphatic heterocycles. The lowest BCUT2D eigenvalue weighted by Gasteiger charge is -1.94. The van der Waals surface area contributed by atoms with Crippen LogP contribution in [0.2, 0.25) is 0 Å². The largest absolute Gasteiger partial charge is 0.375 e. The van der Waals surface area contributed by atoms with E-state index in [1.807, 2.05) is 12.2 Å². The van der Waals surface area contributed by atoms with E-state index >= 15 is 0 Å². The van der Waals surface area contributed by atoms with Gasteiger partial charge in [-0.2, -0.15) is 0 Å². The minimum atomic E-state index is 0.563. The maximum atomic E-state index is 4.65. The van der Waals surface area contributed by atoms with Crippen LogP contribution >= 0.6 is 0 Å². The van der Waals surface area contributed by atoms with Gasteiger partial charge in [0.2, 0.25) is 0 Å². The molecule has 0 aliphatic carbocycles. The van der Waals surface area contributed by atoms with E-state index in [1.54, 1.807) is 0 Å². The normalized spacial score (nSPS) is 10.8. The summed E-state index contributed by atoms with van der Waals surface area (Å²) in [6.07, 6.45) is 3.96. The van der Waals surface area contributed by atoms with Crippen LogP contribution in [0.25, 0.3) is 6.08 Å². The number of aryl methyl sites for hydroxylation is 1. The van der Waals surface area contributed by atoms with E-state index in [9.17, 15) is 0 Å². The Hall–Kier alpha value is -1.08. The van der Waals surface area contributed by atoms with Gasteiger partial charge in [0.25, 0.3) is 0 Å². The summed E-state index contributed by atoms with van der Waals surface area (Å²) in [6, 6.07) is 8.33. The van der Waals surface area contributed by atoms with Crippen LogP contribution in [-0.4, -0.2) is 6.61 Å². The SMILES string of the molecule is [CH2]OCC=Cc1ccc(C)cc1. The van der Waals surface area contributed by atoms with Gasteiger partial charge in [0.05, 0.1) is 13.7 Å². The molecular weight excluding hydrogens is 148 g/mol. The standard InChI is InChI=1S/C11H13O/c1-10-5-7-11(8-6-10)4-3-9-12-2/h3-8H,2,9H2,1H3. The van der Waals surface area contributed by atoms with Gasteiger partial charge in [-0.25, -0.2) is 0 Å². The average molecular weight is 161 g/mol. The van der Waals surface area contributed by atoms with Crippen LogP contribution in [-0.2, 0) is 4.74 Å². The summed E-state index contributed by atoms with van der Waals surface area (Å²) in [7, 11) is 3.28. The molecule has 1 heteroatoms. The number of hydrogen-bond donors (Lipinski definition) is 0. The summed E-state index contributed by atoms with van der Waals surface area (Å²) in [5.74, 6) is 0. The third-order valence-electron chi connectivity index (χ3n) is 1.60. The molecule has 0 amide bonds. The second-order valence-corrected chi connectivity index (χ2v) is 2.68. The summed E-state index contributed by atoms with van der Waals surface area (Å²) in [4.78, 5) is 0. The van der Waals surface area contributed by atoms with Gasteiger partial charge in [-0.3, -0.25) is 0 Å². The molecule has 0 unspecified atom stereocenters. The van der Waals surface area contributed by atoms with E-state index in [0.29, 0.717) is 6.61 Å². The predicted octanol–water partition coefficient (Wildman–Crippen LogP) is 2.82. The molecule has 12 heavy (non-hydrogen) atoms. The van der Waals surface area contributed by atoms with Gasteiger partial charge in [0.15, 0.2) is 0 Å². The molecule has 0 aromatic heterocycles. The molecule has 1 aromatic rings. The Bertz CT molecular complexity index is 246. The van der Waals surface area contributed by atoms with E-state index in [1.165, 1.54) is 11.1 Å². The zero-order valence-electron chi connectivity index (χ0n) is 7.29. The highest BCUT2D eigenvalue weighted by molar-refractivity contribution is 5.49. The van der Waals surface area contributed by atoms with Gasteiger partial charge in [-0.15, -0.1) is 0 Å². The molecule has 0 fully saturated rings. The number of rotatable bonds is 3. The molecule has 0 atom stereocenters. The summed E-state index contributed by atoms with van der Waals surface area (Å²) in [6.45, 7) is 2.64. The Morgan fingerprint density at radius 3 is 2.58 bits per heavy atom. The smallest absolute Gasteiger partial charge is 0.0704 e. The molecule has 0 saturated heterocycles. The number of ether oxygens (including phenoxy) is 1. The third kappa shape index (κ3) is 2.89. The van der Waals surface area contributed by atoms with Crippen molar-refractivity contribution >= 4 is 6.08 Å². The highest BCUT2D eigenvalue weighted by atomic mass is 16.5. The third-order valence-corrected chi connectivity index (χ3v) is 1.60. The fourth-order valence-electron chi connectivity index (χ4n) is 0.930. The van der Waals surface area contributed by atoms with Crippen LogP contribution < -0.4 is 0 Å². The van der Waals surface area contributed by atoms with Crippen molar-refractivity contribution in [2.75, 3.05) is 6.61 Å². The first-order valence-electron chi connectivity index (χ1n) is 3.93. The molecule has 0 heterocycles. The minimum Gasteiger partial charge on any atom is -0.375 e. The van der Waals surface area contributed by atoms with Crippen LogP contribution in [0, 0.1) is 14.0 Å². The lowest BCUT2D eigenvalue weighted by atomic mass is 10.1. The van der Waals surface area contributed by atoms with Crippen molar-refractivity contribution in [1.29, 1.82) is 0 Å². The molecule has 0 N–H and O–H groups in total. The molecule has 0 spiro atoms. The highest BCUT2D eigenvalue weighted by Gasteiger charge is 1.84. The van der Waals surface area contributed by atoms with Crippen LogP contribution in [0.4, 0.5) is 0 Å². The first-order valence-corrected chi connectivity index (χ1v) is 3.93. The van der Waals surface area contributed by atoms with E-state index in [0.717, 1.165) is 0 Å². The first-order chi connectivity index (χ1) is 5.83. The Labute approximate surface area is 73.7 Å². The summed E-state index contributed by atoms with van der Waals surface area (Å²) >= 11 is 0. The Morgan fingerprint density at radius 1 is 1.33 bits per heavy atom. The Balaban J connectivity index is 2.58. The Morgan fingerprint density at radius 2 is 2.00 bits per heavy atom. The summed E-state index contributed by atoms with van der Waals surface area (Å²) < 4.78 is 4.65. The summed E-state index contributed by atoms with van der Waals surface area (Å²) in [5, 5.41) is 0. The Kier molecular flexibility index (Phi) is 3.55. The molecule has 0 aliphatic rings. The fraction of sp³-hybridized carbons (Fsp3) is 0.182. The zero-order chi connectivity index (χ0) is 8.81. The van der Waals surface area contributed by atoms with E-state index in [-0.39, 0.29) is 0 Å². The average Bonchev–Trinajstić information content (AvgIpc) is 2.09. The van der Waals surface area contributed by atoms with Gasteiger partial charge >= 0.3 is 0 Å². The molecule has 0 bridgehead atoms. The molecule has 1 rings (SSSR count). The molecule has 1 nitrogen and oxygen atoms in total. The van der Waals surface area contributed by atoms with Crippen molar-refractivity contribution in [2.45, 2.75) is 6.92 Å². The number of hydrogen-bond acceptors (Lipinski definition) is 1. The number of benzene rings is 1. The topological polar surface area (TPSA) is 9.23 Å². The van der Waals surface area contributed by atoms with Crippen LogP contribution in [0.5, 0.6) is 0 Å².